The molecule has 0 aliphatic heterocycles. The fraction of sp³-hybridized carbons (Fsp3) is 0.357. The molecule has 0 bridgehead atoms. The van der Waals surface area contributed by atoms with Crippen molar-refractivity contribution in [2.75, 3.05) is 13.2 Å². The molecule has 1 rings (SSSR count). The van der Waals surface area contributed by atoms with E-state index in [-0.39, 0.29) is 23.9 Å². The van der Waals surface area contributed by atoms with Crippen molar-refractivity contribution in [1.82, 2.24) is 16.2 Å². The summed E-state index contributed by atoms with van der Waals surface area (Å²) in [5.74, 6) is -0.934. The third-order valence-corrected chi connectivity index (χ3v) is 3.10. The summed E-state index contributed by atoms with van der Waals surface area (Å²) in [6.45, 7) is 3.01. The molecule has 3 amide bonds. The van der Waals surface area contributed by atoms with Crippen LogP contribution in [0.3, 0.4) is 0 Å². The van der Waals surface area contributed by atoms with Gasteiger partial charge in [-0.1, -0.05) is 23.2 Å². The fourth-order valence-corrected chi connectivity index (χ4v) is 1.90. The third-order valence-electron chi connectivity index (χ3n) is 2.56. The Morgan fingerprint density at radius 2 is 1.92 bits per heavy atom. The second kappa shape index (κ2) is 9.84. The highest BCUT2D eigenvalue weighted by Crippen LogP contribution is 2.28. The number of halogens is 2. The van der Waals surface area contributed by atoms with E-state index in [4.69, 9.17) is 27.9 Å². The molecule has 0 heterocycles. The van der Waals surface area contributed by atoms with Crippen molar-refractivity contribution in [2.24, 2.45) is 0 Å². The van der Waals surface area contributed by atoms with Gasteiger partial charge in [-0.05, 0) is 32.0 Å². The lowest BCUT2D eigenvalue weighted by molar-refractivity contribution is -0.141. The highest BCUT2D eigenvalue weighted by molar-refractivity contribution is 6.35. The number of hydrazine groups is 1. The molecule has 0 radical (unpaired) electrons. The van der Waals surface area contributed by atoms with Crippen LogP contribution in [-0.4, -0.2) is 37.2 Å². The first kappa shape index (κ1) is 19.9. The minimum atomic E-state index is -0.936. The topological polar surface area (TPSA) is 106 Å². The molecule has 1 atom stereocenters. The van der Waals surface area contributed by atoms with Crippen LogP contribution in [0.4, 0.5) is 4.79 Å². The van der Waals surface area contributed by atoms with Crippen molar-refractivity contribution in [3.8, 4) is 5.75 Å². The Bertz CT molecular complexity index is 612. The van der Waals surface area contributed by atoms with Gasteiger partial charge in [-0.15, -0.1) is 0 Å². The first-order valence-electron chi connectivity index (χ1n) is 6.94. The number of esters is 1. The summed E-state index contributed by atoms with van der Waals surface area (Å²) in [4.78, 5) is 34.3. The lowest BCUT2D eigenvalue weighted by Crippen LogP contribution is -2.51. The quantitative estimate of drug-likeness (QED) is 0.516. The van der Waals surface area contributed by atoms with Gasteiger partial charge in [0, 0.05) is 5.02 Å². The zero-order valence-corrected chi connectivity index (χ0v) is 14.5. The normalized spacial score (nSPS) is 11.2. The van der Waals surface area contributed by atoms with E-state index in [1.807, 2.05) is 0 Å². The van der Waals surface area contributed by atoms with Crippen molar-refractivity contribution >= 4 is 41.1 Å². The Labute approximate surface area is 148 Å². The fourth-order valence-electron chi connectivity index (χ4n) is 1.44. The zero-order valence-electron chi connectivity index (χ0n) is 13.0. The van der Waals surface area contributed by atoms with E-state index in [9.17, 15) is 14.4 Å². The molecule has 0 aromatic heterocycles. The summed E-state index contributed by atoms with van der Waals surface area (Å²) in [6.07, 6.45) is -0.936. The van der Waals surface area contributed by atoms with Crippen LogP contribution < -0.4 is 20.9 Å². The van der Waals surface area contributed by atoms with E-state index in [2.05, 4.69) is 20.9 Å². The van der Waals surface area contributed by atoms with Crippen molar-refractivity contribution < 1.29 is 23.9 Å². The van der Waals surface area contributed by atoms with Gasteiger partial charge in [-0.2, -0.15) is 0 Å². The van der Waals surface area contributed by atoms with Crippen LogP contribution >= 0.6 is 23.2 Å². The van der Waals surface area contributed by atoms with Crippen LogP contribution in [0.5, 0.6) is 5.75 Å². The highest BCUT2D eigenvalue weighted by Gasteiger charge is 2.17. The molecule has 0 saturated heterocycles. The van der Waals surface area contributed by atoms with Crippen LogP contribution in [0.25, 0.3) is 0 Å². The van der Waals surface area contributed by atoms with Crippen molar-refractivity contribution in [2.45, 2.75) is 20.0 Å². The molecular formula is C14H17Cl2N3O5. The number of hydrogen-bond acceptors (Lipinski definition) is 5. The molecule has 0 unspecified atom stereocenters. The Morgan fingerprint density at radius 3 is 2.54 bits per heavy atom. The molecule has 1 aromatic rings. The summed E-state index contributed by atoms with van der Waals surface area (Å²) in [5, 5.41) is 2.90. The summed E-state index contributed by atoms with van der Waals surface area (Å²) < 4.78 is 10.0. The average molecular weight is 378 g/mol. The smallest absolute Gasteiger partial charge is 0.333 e. The monoisotopic (exact) mass is 377 g/mol. The molecule has 0 aliphatic rings. The first-order chi connectivity index (χ1) is 11.3. The van der Waals surface area contributed by atoms with Crippen LogP contribution in [-0.2, 0) is 14.3 Å². The maximum Gasteiger partial charge on any atom is 0.333 e. The minimum Gasteiger partial charge on any atom is -0.479 e. The average Bonchev–Trinajstić information content (AvgIpc) is 2.53. The van der Waals surface area contributed by atoms with E-state index >= 15 is 0 Å². The lowest BCUT2D eigenvalue weighted by Gasteiger charge is -2.16. The molecule has 132 valence electrons. The number of carbonyl (C=O) groups excluding carboxylic acids is 3. The Morgan fingerprint density at radius 1 is 1.21 bits per heavy atom. The first-order valence-corrected chi connectivity index (χ1v) is 7.70. The molecule has 10 heteroatoms. The Hall–Kier alpha value is -2.19. The number of carbonyl (C=O) groups is 3. The molecule has 0 saturated carbocycles. The van der Waals surface area contributed by atoms with Crippen LogP contribution in [0, 0.1) is 0 Å². The highest BCUT2D eigenvalue weighted by atomic mass is 35.5. The largest absolute Gasteiger partial charge is 0.479 e. The molecule has 3 N–H and O–H groups in total. The second-order valence-electron chi connectivity index (χ2n) is 4.44. The van der Waals surface area contributed by atoms with Crippen LogP contribution in [0.2, 0.25) is 10.0 Å². The maximum absolute atomic E-state index is 11.8. The predicted molar refractivity (Wildman–Crippen MR) is 87.9 cm³/mol. The summed E-state index contributed by atoms with van der Waals surface area (Å²) in [6, 6.07) is 3.79. The van der Waals surface area contributed by atoms with Crippen molar-refractivity contribution in [3.63, 3.8) is 0 Å². The van der Waals surface area contributed by atoms with Gasteiger partial charge in [0.25, 0.3) is 5.91 Å². The van der Waals surface area contributed by atoms with Crippen LogP contribution in [0.15, 0.2) is 18.2 Å². The van der Waals surface area contributed by atoms with Gasteiger partial charge in [-0.25, -0.2) is 10.2 Å². The van der Waals surface area contributed by atoms with Gasteiger partial charge in [0.1, 0.15) is 12.3 Å². The maximum atomic E-state index is 11.8. The van der Waals surface area contributed by atoms with Gasteiger partial charge in [-0.3, -0.25) is 15.0 Å². The third kappa shape index (κ3) is 6.93. The van der Waals surface area contributed by atoms with Gasteiger partial charge in [0.2, 0.25) is 0 Å². The van der Waals surface area contributed by atoms with Crippen LogP contribution in [0.1, 0.15) is 13.8 Å². The molecule has 0 spiro atoms. The number of ether oxygens (including phenoxy) is 2. The summed E-state index contributed by atoms with van der Waals surface area (Å²) in [7, 11) is 0. The van der Waals surface area contributed by atoms with E-state index in [1.54, 1.807) is 13.0 Å². The second-order valence-corrected chi connectivity index (χ2v) is 5.28. The van der Waals surface area contributed by atoms with E-state index < -0.39 is 24.0 Å². The van der Waals surface area contributed by atoms with E-state index in [0.717, 1.165) is 0 Å². The van der Waals surface area contributed by atoms with Gasteiger partial charge >= 0.3 is 12.0 Å². The van der Waals surface area contributed by atoms with Gasteiger partial charge in [0.05, 0.1) is 11.6 Å². The zero-order chi connectivity index (χ0) is 18.1. The standard InChI is InChI=1S/C14H17Cl2N3O5/c1-3-23-12(20)7-17-14(22)19-18-13(21)8(2)24-11-5-4-9(15)6-10(11)16/h4-6,8H,3,7H2,1-2H3,(H,18,21)(H2,17,19,22)/t8-/m1/s1. The molecule has 0 aliphatic carbocycles. The number of amides is 3. The van der Waals surface area contributed by atoms with Crippen molar-refractivity contribution in [1.29, 1.82) is 0 Å². The van der Waals surface area contributed by atoms with Gasteiger partial charge in [0.15, 0.2) is 6.10 Å². The van der Waals surface area contributed by atoms with Crippen molar-refractivity contribution in [3.05, 3.63) is 28.2 Å². The number of rotatable bonds is 6. The van der Waals surface area contributed by atoms with Gasteiger partial charge < -0.3 is 14.8 Å². The number of nitrogens with one attached hydrogen (secondary N) is 3. The Kier molecular flexibility index (Phi) is 8.14. The molecule has 1 aromatic carbocycles. The number of benzene rings is 1. The molecule has 0 fully saturated rings. The number of hydrogen-bond donors (Lipinski definition) is 3. The number of urea groups is 1. The van der Waals surface area contributed by atoms with E-state index in [1.165, 1.54) is 19.1 Å². The predicted octanol–water partition coefficient (Wildman–Crippen LogP) is 1.65. The Balaban J connectivity index is 2.38. The molecule has 24 heavy (non-hydrogen) atoms. The molecule has 8 nitrogen and oxygen atoms in total. The lowest BCUT2D eigenvalue weighted by atomic mass is 10.3. The molecular weight excluding hydrogens is 361 g/mol. The minimum absolute atomic E-state index is 0.209. The van der Waals surface area contributed by atoms with E-state index in [0.29, 0.717) is 5.02 Å². The summed E-state index contributed by atoms with van der Waals surface area (Å²) >= 11 is 11.7. The summed E-state index contributed by atoms with van der Waals surface area (Å²) in [5.41, 5.74) is 4.22. The SMILES string of the molecule is CCOC(=O)CNC(=O)NNC(=O)[C@@H](C)Oc1ccc(Cl)cc1Cl.